The summed E-state index contributed by atoms with van der Waals surface area (Å²) in [5.74, 6) is -0.595. The molecule has 7 nitrogen and oxygen atoms in total. The second kappa shape index (κ2) is 5.44. The summed E-state index contributed by atoms with van der Waals surface area (Å²) in [6.07, 6.45) is 1.51. The van der Waals surface area contributed by atoms with E-state index in [4.69, 9.17) is 11.5 Å². The van der Waals surface area contributed by atoms with Crippen LogP contribution in [0.2, 0.25) is 0 Å². The number of amides is 1. The van der Waals surface area contributed by atoms with Gasteiger partial charge in [0.05, 0.1) is 11.9 Å². The first-order valence-corrected chi connectivity index (χ1v) is 5.26. The molecule has 94 valence electrons. The Balaban J connectivity index is 3.02. The van der Waals surface area contributed by atoms with Crippen LogP contribution in [-0.4, -0.2) is 35.8 Å². The van der Waals surface area contributed by atoms with Gasteiger partial charge >= 0.3 is 0 Å². The number of hydrogen-bond donors (Lipinski definition) is 2. The summed E-state index contributed by atoms with van der Waals surface area (Å²) in [7, 11) is 1.81. The number of carbonyl (C=O) groups excluding carboxylic acids is 1. The Morgan fingerprint density at radius 3 is 2.76 bits per heavy atom. The van der Waals surface area contributed by atoms with Crippen molar-refractivity contribution in [3.63, 3.8) is 0 Å². The Morgan fingerprint density at radius 2 is 2.29 bits per heavy atom. The van der Waals surface area contributed by atoms with Gasteiger partial charge in [0.1, 0.15) is 6.04 Å². The second-order valence-corrected chi connectivity index (χ2v) is 3.79. The van der Waals surface area contributed by atoms with Crippen LogP contribution >= 0.6 is 0 Å². The second-order valence-electron chi connectivity index (χ2n) is 3.79. The van der Waals surface area contributed by atoms with Crippen LogP contribution in [0.4, 0.5) is 5.69 Å². The SMILES string of the molecule is CC(C(N)=O)n1ncc(N(C)CCN)cc1=O. The minimum absolute atomic E-state index is 0.363. The number of anilines is 1. The van der Waals surface area contributed by atoms with Gasteiger partial charge in [-0.1, -0.05) is 0 Å². The summed E-state index contributed by atoms with van der Waals surface area (Å²) < 4.78 is 1.06. The molecule has 1 unspecified atom stereocenters. The molecule has 1 heterocycles. The zero-order valence-electron chi connectivity index (χ0n) is 9.96. The van der Waals surface area contributed by atoms with E-state index in [-0.39, 0.29) is 5.56 Å². The average molecular weight is 239 g/mol. The standard InChI is InChI=1S/C10H17N5O2/c1-7(10(12)17)15-9(16)5-8(6-13-15)14(2)4-3-11/h5-7H,3-4,11H2,1-2H3,(H2,12,17). The van der Waals surface area contributed by atoms with E-state index >= 15 is 0 Å². The third-order valence-corrected chi connectivity index (χ3v) is 2.50. The van der Waals surface area contributed by atoms with Crippen molar-refractivity contribution in [2.24, 2.45) is 11.5 Å². The maximum atomic E-state index is 11.7. The average Bonchev–Trinajstić information content (AvgIpc) is 2.28. The molecule has 1 aromatic rings. The fourth-order valence-corrected chi connectivity index (χ4v) is 1.35. The van der Waals surface area contributed by atoms with Crippen LogP contribution in [0.5, 0.6) is 0 Å². The molecule has 7 heteroatoms. The van der Waals surface area contributed by atoms with Gasteiger partial charge in [0.15, 0.2) is 0 Å². The number of nitrogens with zero attached hydrogens (tertiary/aromatic N) is 3. The normalized spacial score (nSPS) is 12.2. The molecule has 4 N–H and O–H groups in total. The van der Waals surface area contributed by atoms with Gasteiger partial charge in [-0.15, -0.1) is 0 Å². The summed E-state index contributed by atoms with van der Waals surface area (Å²) in [5, 5.41) is 3.92. The predicted molar refractivity (Wildman–Crippen MR) is 64.7 cm³/mol. The van der Waals surface area contributed by atoms with Crippen LogP contribution in [0, 0.1) is 0 Å². The zero-order chi connectivity index (χ0) is 13.0. The highest BCUT2D eigenvalue weighted by Gasteiger charge is 2.14. The minimum atomic E-state index is -0.753. The molecule has 0 bridgehead atoms. The summed E-state index contributed by atoms with van der Waals surface area (Å²) in [5.41, 5.74) is 10.8. The Hall–Kier alpha value is -1.89. The Bertz CT molecular complexity index is 456. The maximum Gasteiger partial charge on any atom is 0.269 e. The number of nitrogens with two attached hydrogens (primary N) is 2. The van der Waals surface area contributed by atoms with Crippen LogP contribution in [-0.2, 0) is 4.79 Å². The fraction of sp³-hybridized carbons (Fsp3) is 0.500. The van der Waals surface area contributed by atoms with E-state index < -0.39 is 11.9 Å². The van der Waals surface area contributed by atoms with Crippen molar-refractivity contribution in [1.82, 2.24) is 9.78 Å². The van der Waals surface area contributed by atoms with Crippen molar-refractivity contribution in [1.29, 1.82) is 0 Å². The van der Waals surface area contributed by atoms with Crippen LogP contribution in [0.3, 0.4) is 0 Å². The Morgan fingerprint density at radius 1 is 1.65 bits per heavy atom. The summed E-state index contributed by atoms with van der Waals surface area (Å²) in [4.78, 5) is 24.5. The predicted octanol–water partition coefficient (Wildman–Crippen LogP) is -1.32. The molecule has 0 saturated carbocycles. The van der Waals surface area contributed by atoms with E-state index in [9.17, 15) is 9.59 Å². The number of rotatable bonds is 5. The summed E-state index contributed by atoms with van der Waals surface area (Å²) in [6, 6.07) is 0.651. The monoisotopic (exact) mass is 239 g/mol. The van der Waals surface area contributed by atoms with Crippen LogP contribution in [0.25, 0.3) is 0 Å². The first-order chi connectivity index (χ1) is 7.97. The van der Waals surface area contributed by atoms with Gasteiger partial charge in [0, 0.05) is 26.2 Å². The summed E-state index contributed by atoms with van der Waals surface area (Å²) >= 11 is 0. The molecule has 0 saturated heterocycles. The number of aromatic nitrogens is 2. The van der Waals surface area contributed by atoms with Crippen molar-refractivity contribution in [3.8, 4) is 0 Å². The molecular formula is C10H17N5O2. The van der Waals surface area contributed by atoms with Gasteiger partial charge in [-0.2, -0.15) is 5.10 Å². The first-order valence-electron chi connectivity index (χ1n) is 5.26. The van der Waals surface area contributed by atoms with Crippen molar-refractivity contribution in [2.75, 3.05) is 25.0 Å². The largest absolute Gasteiger partial charge is 0.372 e. The molecule has 1 rings (SSSR count). The van der Waals surface area contributed by atoms with E-state index in [1.165, 1.54) is 19.2 Å². The van der Waals surface area contributed by atoms with Crippen LogP contribution < -0.4 is 21.9 Å². The first kappa shape index (κ1) is 13.2. The molecule has 0 aliphatic heterocycles. The third kappa shape index (κ3) is 3.04. The lowest BCUT2D eigenvalue weighted by Crippen LogP contribution is -2.34. The molecule has 1 amide bonds. The van der Waals surface area contributed by atoms with E-state index in [0.29, 0.717) is 18.8 Å². The molecule has 1 aromatic heterocycles. The van der Waals surface area contributed by atoms with Gasteiger partial charge in [-0.3, -0.25) is 9.59 Å². The highest BCUT2D eigenvalue weighted by molar-refractivity contribution is 5.77. The van der Waals surface area contributed by atoms with Crippen molar-refractivity contribution in [3.05, 3.63) is 22.6 Å². The van der Waals surface area contributed by atoms with Gasteiger partial charge in [0.2, 0.25) is 5.91 Å². The molecule has 0 spiro atoms. The van der Waals surface area contributed by atoms with Gasteiger partial charge in [-0.25, -0.2) is 4.68 Å². The Kier molecular flexibility index (Phi) is 4.22. The number of likely N-dealkylation sites (N-methyl/N-ethyl adjacent to an activating group) is 1. The zero-order valence-corrected chi connectivity index (χ0v) is 9.96. The quantitative estimate of drug-likeness (QED) is 0.663. The lowest BCUT2D eigenvalue weighted by molar-refractivity contribution is -0.121. The summed E-state index contributed by atoms with van der Waals surface area (Å²) in [6.45, 7) is 2.63. The highest BCUT2D eigenvalue weighted by atomic mass is 16.2. The van der Waals surface area contributed by atoms with Gasteiger partial charge in [-0.05, 0) is 6.92 Å². The van der Waals surface area contributed by atoms with Gasteiger partial charge < -0.3 is 16.4 Å². The lowest BCUT2D eigenvalue weighted by atomic mass is 10.3. The fourth-order valence-electron chi connectivity index (χ4n) is 1.35. The molecular weight excluding hydrogens is 222 g/mol. The molecule has 1 atom stereocenters. The van der Waals surface area contributed by atoms with Crippen molar-refractivity contribution < 1.29 is 4.79 Å². The molecule has 0 fully saturated rings. The number of hydrogen-bond acceptors (Lipinski definition) is 5. The van der Waals surface area contributed by atoms with Gasteiger partial charge in [0.25, 0.3) is 5.56 Å². The molecule has 0 aliphatic carbocycles. The number of carbonyl (C=O) groups is 1. The van der Waals surface area contributed by atoms with Crippen molar-refractivity contribution >= 4 is 11.6 Å². The van der Waals surface area contributed by atoms with Crippen molar-refractivity contribution in [2.45, 2.75) is 13.0 Å². The van der Waals surface area contributed by atoms with Crippen LogP contribution in [0.15, 0.2) is 17.1 Å². The lowest BCUT2D eigenvalue weighted by Gasteiger charge is -2.18. The van der Waals surface area contributed by atoms with E-state index in [2.05, 4.69) is 5.10 Å². The smallest absolute Gasteiger partial charge is 0.269 e. The molecule has 0 aromatic carbocycles. The van der Waals surface area contributed by atoms with E-state index in [1.807, 2.05) is 11.9 Å². The Labute approximate surface area is 99.0 Å². The van der Waals surface area contributed by atoms with E-state index in [1.54, 1.807) is 0 Å². The molecule has 0 aliphatic rings. The van der Waals surface area contributed by atoms with E-state index in [0.717, 1.165) is 4.68 Å². The topological polar surface area (TPSA) is 107 Å². The maximum absolute atomic E-state index is 11.7. The van der Waals surface area contributed by atoms with Crippen LogP contribution in [0.1, 0.15) is 13.0 Å². The number of primary amides is 1. The minimum Gasteiger partial charge on any atom is -0.372 e. The molecule has 17 heavy (non-hydrogen) atoms. The molecule has 0 radical (unpaired) electrons. The third-order valence-electron chi connectivity index (χ3n) is 2.50. The highest BCUT2D eigenvalue weighted by Crippen LogP contribution is 2.07.